The Hall–Kier alpha value is -4.89. The smallest absolute Gasteiger partial charge is 0.252 e. The van der Waals surface area contributed by atoms with Gasteiger partial charge in [0.15, 0.2) is 0 Å². The molecular weight excluding hydrogens is 462 g/mol. The number of rotatable bonds is 3. The Kier molecular flexibility index (Phi) is 6.69. The van der Waals surface area contributed by atoms with Crippen LogP contribution in [-0.2, 0) is 4.79 Å². The molecule has 0 radical (unpaired) electrons. The molecule has 1 N–H and O–H groups in total. The SMILES string of the molecule is Cc1ccc(C(=O)N[C@H]2COc3ccc(C#Cc4cccnc4)cc3N(C)C2=O)cc1-c1ccccc1. The van der Waals surface area contributed by atoms with Crippen molar-refractivity contribution in [1.82, 2.24) is 10.3 Å². The summed E-state index contributed by atoms with van der Waals surface area (Å²) in [6.45, 7) is 2.04. The molecule has 4 aromatic rings. The number of carbonyl (C=O) groups excluding carboxylic acids is 2. The van der Waals surface area contributed by atoms with E-state index in [2.05, 4.69) is 22.1 Å². The highest BCUT2D eigenvalue weighted by molar-refractivity contribution is 6.03. The number of ether oxygens (including phenoxy) is 1. The van der Waals surface area contributed by atoms with E-state index in [9.17, 15) is 9.59 Å². The summed E-state index contributed by atoms with van der Waals surface area (Å²) in [5.74, 6) is 6.13. The minimum Gasteiger partial charge on any atom is -0.489 e. The van der Waals surface area contributed by atoms with Crippen LogP contribution in [0.5, 0.6) is 5.75 Å². The molecule has 37 heavy (non-hydrogen) atoms. The first-order chi connectivity index (χ1) is 18.0. The molecule has 5 rings (SSSR count). The lowest BCUT2D eigenvalue weighted by Gasteiger charge is -2.21. The van der Waals surface area contributed by atoms with Gasteiger partial charge in [-0.15, -0.1) is 0 Å². The number of aromatic nitrogens is 1. The zero-order valence-corrected chi connectivity index (χ0v) is 20.6. The lowest BCUT2D eigenvalue weighted by atomic mass is 9.98. The van der Waals surface area contributed by atoms with Crippen LogP contribution in [0.3, 0.4) is 0 Å². The maximum Gasteiger partial charge on any atom is 0.252 e. The van der Waals surface area contributed by atoms with Gasteiger partial charge < -0.3 is 15.0 Å². The monoisotopic (exact) mass is 487 g/mol. The number of aryl methyl sites for hydroxylation is 1. The van der Waals surface area contributed by atoms with Crippen molar-refractivity contribution in [3.05, 3.63) is 114 Å². The molecule has 6 nitrogen and oxygen atoms in total. The van der Waals surface area contributed by atoms with Gasteiger partial charge in [-0.05, 0) is 66.1 Å². The van der Waals surface area contributed by atoms with E-state index in [-0.39, 0.29) is 18.4 Å². The Morgan fingerprint density at radius 1 is 1.00 bits per heavy atom. The van der Waals surface area contributed by atoms with Gasteiger partial charge in [-0.3, -0.25) is 14.6 Å². The van der Waals surface area contributed by atoms with Crippen molar-refractivity contribution in [2.45, 2.75) is 13.0 Å². The van der Waals surface area contributed by atoms with Crippen LogP contribution in [0, 0.1) is 18.8 Å². The molecule has 1 atom stereocenters. The Balaban J connectivity index is 1.34. The van der Waals surface area contributed by atoms with Crippen LogP contribution in [0.1, 0.15) is 27.0 Å². The van der Waals surface area contributed by atoms with Crippen molar-refractivity contribution < 1.29 is 14.3 Å². The number of nitrogens with one attached hydrogen (secondary N) is 1. The summed E-state index contributed by atoms with van der Waals surface area (Å²) < 4.78 is 5.93. The van der Waals surface area contributed by atoms with E-state index >= 15 is 0 Å². The third-order valence-corrected chi connectivity index (χ3v) is 6.26. The van der Waals surface area contributed by atoms with Crippen LogP contribution in [-0.4, -0.2) is 36.5 Å². The Morgan fingerprint density at radius 3 is 2.59 bits per heavy atom. The molecule has 1 aliphatic rings. The number of nitrogens with zero attached hydrogens (tertiary/aromatic N) is 2. The van der Waals surface area contributed by atoms with Gasteiger partial charge in [-0.2, -0.15) is 0 Å². The largest absolute Gasteiger partial charge is 0.489 e. The van der Waals surface area contributed by atoms with E-state index in [1.165, 1.54) is 4.90 Å². The molecular formula is C31H25N3O3. The van der Waals surface area contributed by atoms with Crippen molar-refractivity contribution >= 4 is 17.5 Å². The second kappa shape index (κ2) is 10.4. The minimum absolute atomic E-state index is 0.0278. The number of carbonyl (C=O) groups is 2. The standard InChI is InChI=1S/C31H25N3O3/c1-21-10-14-25(18-26(21)24-8-4-3-5-9-24)30(35)33-27-20-37-29-15-13-22(17-28(29)34(2)31(27)36)11-12-23-7-6-16-32-19-23/h3-10,13-19,27H,20H2,1-2H3,(H,33,35)/t27-/m0/s1. The molecule has 0 bridgehead atoms. The molecule has 6 heteroatoms. The maximum absolute atomic E-state index is 13.3. The summed E-state index contributed by atoms with van der Waals surface area (Å²) in [5, 5.41) is 2.86. The van der Waals surface area contributed by atoms with E-state index in [1.54, 1.807) is 31.6 Å². The molecule has 0 saturated heterocycles. The maximum atomic E-state index is 13.3. The summed E-state index contributed by atoms with van der Waals surface area (Å²) in [6.07, 6.45) is 3.39. The lowest BCUT2D eigenvalue weighted by molar-refractivity contribution is -0.120. The van der Waals surface area contributed by atoms with Gasteiger partial charge in [0.1, 0.15) is 18.4 Å². The van der Waals surface area contributed by atoms with Crippen molar-refractivity contribution in [2.75, 3.05) is 18.6 Å². The zero-order valence-electron chi connectivity index (χ0n) is 20.6. The quantitative estimate of drug-likeness (QED) is 0.429. The molecule has 1 aromatic heterocycles. The summed E-state index contributed by atoms with van der Waals surface area (Å²) in [7, 11) is 1.67. The Bertz CT molecular complexity index is 1520. The zero-order chi connectivity index (χ0) is 25.8. The predicted octanol–water partition coefficient (Wildman–Crippen LogP) is 4.61. The van der Waals surface area contributed by atoms with E-state index < -0.39 is 6.04 Å². The number of amides is 2. The number of likely N-dealkylation sites (N-methyl/N-ethyl adjacent to an activating group) is 1. The lowest BCUT2D eigenvalue weighted by Crippen LogP contribution is -2.49. The molecule has 182 valence electrons. The Morgan fingerprint density at radius 2 is 1.81 bits per heavy atom. The first-order valence-electron chi connectivity index (χ1n) is 11.9. The molecule has 0 aliphatic carbocycles. The van der Waals surface area contributed by atoms with Gasteiger partial charge in [-0.25, -0.2) is 0 Å². The number of benzene rings is 3. The van der Waals surface area contributed by atoms with Gasteiger partial charge in [0, 0.05) is 36.1 Å². The summed E-state index contributed by atoms with van der Waals surface area (Å²) in [5.41, 5.74) is 5.68. The normalized spacial score (nSPS) is 14.5. The molecule has 2 amide bonds. The number of hydrogen-bond acceptors (Lipinski definition) is 4. The third-order valence-electron chi connectivity index (χ3n) is 6.26. The minimum atomic E-state index is -0.837. The first kappa shape index (κ1) is 23.8. The second-order valence-corrected chi connectivity index (χ2v) is 8.80. The Labute approximate surface area is 215 Å². The van der Waals surface area contributed by atoms with E-state index in [0.29, 0.717) is 17.0 Å². The van der Waals surface area contributed by atoms with Gasteiger partial charge in [-0.1, -0.05) is 48.2 Å². The molecule has 3 aromatic carbocycles. The highest BCUT2D eigenvalue weighted by Crippen LogP contribution is 2.31. The fourth-order valence-corrected chi connectivity index (χ4v) is 4.19. The van der Waals surface area contributed by atoms with Crippen molar-refractivity contribution in [2.24, 2.45) is 0 Å². The van der Waals surface area contributed by atoms with Crippen LogP contribution in [0.25, 0.3) is 11.1 Å². The van der Waals surface area contributed by atoms with Crippen LogP contribution in [0.2, 0.25) is 0 Å². The van der Waals surface area contributed by atoms with Gasteiger partial charge in [0.25, 0.3) is 11.8 Å². The number of fused-ring (bicyclic) bond motifs is 1. The molecule has 0 unspecified atom stereocenters. The number of hydrogen-bond donors (Lipinski definition) is 1. The third kappa shape index (κ3) is 5.21. The van der Waals surface area contributed by atoms with Crippen LogP contribution in [0.15, 0.2) is 91.3 Å². The van der Waals surface area contributed by atoms with Gasteiger partial charge in [0.2, 0.25) is 0 Å². The van der Waals surface area contributed by atoms with Gasteiger partial charge >= 0.3 is 0 Å². The molecule has 0 fully saturated rings. The van der Waals surface area contributed by atoms with Crippen molar-refractivity contribution in [1.29, 1.82) is 0 Å². The fourth-order valence-electron chi connectivity index (χ4n) is 4.19. The van der Waals surface area contributed by atoms with Crippen molar-refractivity contribution in [3.8, 4) is 28.7 Å². The highest BCUT2D eigenvalue weighted by atomic mass is 16.5. The van der Waals surface area contributed by atoms with Crippen LogP contribution in [0.4, 0.5) is 5.69 Å². The molecule has 0 saturated carbocycles. The summed E-state index contributed by atoms with van der Waals surface area (Å²) >= 11 is 0. The van der Waals surface area contributed by atoms with E-state index in [0.717, 1.165) is 27.8 Å². The van der Waals surface area contributed by atoms with Crippen molar-refractivity contribution in [3.63, 3.8) is 0 Å². The first-order valence-corrected chi connectivity index (χ1v) is 11.9. The highest BCUT2D eigenvalue weighted by Gasteiger charge is 2.31. The van der Waals surface area contributed by atoms with E-state index in [4.69, 9.17) is 4.74 Å². The number of pyridine rings is 1. The van der Waals surface area contributed by atoms with E-state index in [1.807, 2.05) is 73.7 Å². The van der Waals surface area contributed by atoms with Crippen LogP contribution >= 0.6 is 0 Å². The molecule has 1 aliphatic heterocycles. The van der Waals surface area contributed by atoms with Crippen LogP contribution < -0.4 is 15.0 Å². The average molecular weight is 488 g/mol. The van der Waals surface area contributed by atoms with Gasteiger partial charge in [0.05, 0.1) is 5.69 Å². The number of anilines is 1. The topological polar surface area (TPSA) is 71.5 Å². The fraction of sp³-hybridized carbons (Fsp3) is 0.129. The molecule has 0 spiro atoms. The summed E-state index contributed by atoms with van der Waals surface area (Å²) in [4.78, 5) is 32.0. The average Bonchev–Trinajstić information content (AvgIpc) is 3.05. The molecule has 2 heterocycles. The predicted molar refractivity (Wildman–Crippen MR) is 143 cm³/mol. The summed E-state index contributed by atoms with van der Waals surface area (Å²) in [6, 6.07) is 23.8. The second-order valence-electron chi connectivity index (χ2n) is 8.80.